The third-order valence-corrected chi connectivity index (χ3v) is 3.53. The van der Waals surface area contributed by atoms with Crippen molar-refractivity contribution in [3.05, 3.63) is 59.7 Å². The van der Waals surface area contributed by atoms with Gasteiger partial charge in [0.2, 0.25) is 0 Å². The number of rotatable bonds is 4. The first-order valence-electron chi connectivity index (χ1n) is 6.52. The van der Waals surface area contributed by atoms with Crippen molar-refractivity contribution in [2.24, 2.45) is 0 Å². The summed E-state index contributed by atoms with van der Waals surface area (Å²) >= 11 is 0. The molecule has 2 aromatic rings. The Balaban J connectivity index is 2.40. The van der Waals surface area contributed by atoms with Crippen LogP contribution in [0.3, 0.4) is 0 Å². The van der Waals surface area contributed by atoms with Gasteiger partial charge in [-0.3, -0.25) is 0 Å². The second kappa shape index (κ2) is 5.94. The zero-order valence-corrected chi connectivity index (χ0v) is 12.1. The van der Waals surface area contributed by atoms with Gasteiger partial charge >= 0.3 is 7.05 Å². The van der Waals surface area contributed by atoms with Crippen molar-refractivity contribution in [3.8, 4) is 0 Å². The summed E-state index contributed by atoms with van der Waals surface area (Å²) in [5.74, 6) is 0. The highest BCUT2D eigenvalue weighted by Crippen LogP contribution is 2.14. The summed E-state index contributed by atoms with van der Waals surface area (Å²) in [7, 11) is 3.76. The van der Waals surface area contributed by atoms with Gasteiger partial charge < -0.3 is 9.47 Å². The minimum absolute atomic E-state index is 0.0661. The van der Waals surface area contributed by atoms with Crippen LogP contribution in [-0.2, 0) is 4.65 Å². The minimum Gasteiger partial charge on any atom is -0.415 e. The molecule has 0 spiro atoms. The van der Waals surface area contributed by atoms with E-state index in [4.69, 9.17) is 4.65 Å². The van der Waals surface area contributed by atoms with Gasteiger partial charge in [0.25, 0.3) is 0 Å². The molecule has 0 N–H and O–H groups in total. The molecular weight excluding hydrogens is 233 g/mol. The number of hydrogen-bond donors (Lipinski definition) is 0. The van der Waals surface area contributed by atoms with Crippen LogP contribution in [0, 0.1) is 13.8 Å². The topological polar surface area (TPSA) is 12.5 Å². The van der Waals surface area contributed by atoms with Crippen molar-refractivity contribution in [2.75, 3.05) is 19.0 Å². The lowest BCUT2D eigenvalue weighted by Gasteiger charge is -2.27. The highest BCUT2D eigenvalue weighted by Gasteiger charge is 2.27. The minimum atomic E-state index is -0.0661. The summed E-state index contributed by atoms with van der Waals surface area (Å²) in [5.41, 5.74) is 4.91. The van der Waals surface area contributed by atoms with Crippen LogP contribution in [0.5, 0.6) is 0 Å². The number of aryl methyl sites for hydroxylation is 2. The number of para-hydroxylation sites is 1. The van der Waals surface area contributed by atoms with E-state index in [0.29, 0.717) is 0 Å². The molecule has 98 valence electrons. The van der Waals surface area contributed by atoms with E-state index in [-0.39, 0.29) is 7.05 Å². The molecular formula is C16H20BNO. The Morgan fingerprint density at radius 1 is 0.895 bits per heavy atom. The molecule has 0 fully saturated rings. The van der Waals surface area contributed by atoms with Crippen molar-refractivity contribution in [1.82, 2.24) is 0 Å². The Morgan fingerprint density at radius 2 is 1.47 bits per heavy atom. The molecule has 0 aromatic heterocycles. The normalized spacial score (nSPS) is 10.3. The number of hydrogen-bond acceptors (Lipinski definition) is 2. The summed E-state index contributed by atoms with van der Waals surface area (Å²) in [6.45, 7) is 4.26. The fraction of sp³-hybridized carbons (Fsp3) is 0.250. The van der Waals surface area contributed by atoms with Crippen molar-refractivity contribution in [2.45, 2.75) is 13.8 Å². The van der Waals surface area contributed by atoms with Crippen molar-refractivity contribution in [1.29, 1.82) is 0 Å². The monoisotopic (exact) mass is 253 g/mol. The zero-order valence-electron chi connectivity index (χ0n) is 12.1. The summed E-state index contributed by atoms with van der Waals surface area (Å²) in [6.07, 6.45) is 0. The molecule has 0 aliphatic carbocycles. The molecule has 0 unspecified atom stereocenters. The number of nitrogens with zero attached hydrogens (tertiary/aromatic N) is 1. The summed E-state index contributed by atoms with van der Waals surface area (Å²) in [6, 6.07) is 16.7. The van der Waals surface area contributed by atoms with E-state index in [9.17, 15) is 0 Å². The van der Waals surface area contributed by atoms with E-state index in [2.05, 4.69) is 56.0 Å². The second-order valence-corrected chi connectivity index (χ2v) is 4.84. The molecule has 3 heteroatoms. The van der Waals surface area contributed by atoms with Gasteiger partial charge in [0.1, 0.15) is 0 Å². The van der Waals surface area contributed by atoms with E-state index in [1.54, 1.807) is 7.11 Å². The lowest BCUT2D eigenvalue weighted by atomic mass is 9.67. The summed E-state index contributed by atoms with van der Waals surface area (Å²) in [5, 5.41) is 0. The lowest BCUT2D eigenvalue weighted by Crippen LogP contribution is -2.50. The van der Waals surface area contributed by atoms with Crippen LogP contribution in [0.2, 0.25) is 0 Å². The molecule has 0 aliphatic heterocycles. The lowest BCUT2D eigenvalue weighted by molar-refractivity contribution is 0.428. The van der Waals surface area contributed by atoms with Crippen LogP contribution >= 0.6 is 0 Å². The molecule has 0 amide bonds. The summed E-state index contributed by atoms with van der Waals surface area (Å²) in [4.78, 5) is 2.16. The molecule has 2 nitrogen and oxygen atoms in total. The van der Waals surface area contributed by atoms with Gasteiger partial charge in [0.05, 0.1) is 0 Å². The molecule has 2 rings (SSSR count). The Morgan fingerprint density at radius 3 is 2.00 bits per heavy atom. The highest BCUT2D eigenvalue weighted by molar-refractivity contribution is 6.71. The van der Waals surface area contributed by atoms with Crippen molar-refractivity contribution in [3.63, 3.8) is 0 Å². The third-order valence-electron chi connectivity index (χ3n) is 3.53. The molecule has 0 heterocycles. The fourth-order valence-electron chi connectivity index (χ4n) is 2.49. The Kier molecular flexibility index (Phi) is 4.28. The zero-order chi connectivity index (χ0) is 13.8. The molecule has 0 radical (unpaired) electrons. The van der Waals surface area contributed by atoms with E-state index in [1.807, 2.05) is 18.2 Å². The standard InChI is InChI=1S/C16H20BNO/c1-13-9-8-10-14(2)16(13)17(19-4)18(3)15-11-6-5-7-12-15/h5-12H,1-4H3. The van der Waals surface area contributed by atoms with E-state index < -0.39 is 0 Å². The Hall–Kier alpha value is -1.74. The maximum absolute atomic E-state index is 5.74. The quantitative estimate of drug-likeness (QED) is 0.777. The molecule has 0 bridgehead atoms. The van der Waals surface area contributed by atoms with Crippen LogP contribution in [0.25, 0.3) is 0 Å². The first kappa shape index (κ1) is 13.7. The first-order chi connectivity index (χ1) is 9.15. The van der Waals surface area contributed by atoms with E-state index in [0.717, 1.165) is 5.69 Å². The van der Waals surface area contributed by atoms with Crippen LogP contribution in [0.15, 0.2) is 48.5 Å². The molecule has 0 saturated carbocycles. The predicted octanol–water partition coefficient (Wildman–Crippen LogP) is 2.78. The highest BCUT2D eigenvalue weighted by atomic mass is 16.4. The first-order valence-corrected chi connectivity index (χ1v) is 6.52. The van der Waals surface area contributed by atoms with Gasteiger partial charge in [0, 0.05) is 12.8 Å². The van der Waals surface area contributed by atoms with Crippen LogP contribution < -0.4 is 10.3 Å². The molecule has 2 aromatic carbocycles. The van der Waals surface area contributed by atoms with Crippen LogP contribution in [-0.4, -0.2) is 21.2 Å². The van der Waals surface area contributed by atoms with Gasteiger partial charge in [-0.15, -0.1) is 0 Å². The fourth-order valence-corrected chi connectivity index (χ4v) is 2.49. The average Bonchev–Trinajstić information content (AvgIpc) is 2.43. The molecule has 0 atom stereocenters. The summed E-state index contributed by atoms with van der Waals surface area (Å²) < 4.78 is 5.74. The SMILES string of the molecule is COB(c1c(C)cccc1C)N(C)c1ccccc1. The Labute approximate surface area is 116 Å². The second-order valence-electron chi connectivity index (χ2n) is 4.84. The van der Waals surface area contributed by atoms with Gasteiger partial charge in [0.15, 0.2) is 0 Å². The molecule has 19 heavy (non-hydrogen) atoms. The van der Waals surface area contributed by atoms with Crippen molar-refractivity contribution < 1.29 is 4.65 Å². The van der Waals surface area contributed by atoms with Crippen molar-refractivity contribution >= 4 is 18.2 Å². The molecule has 0 saturated heterocycles. The van der Waals surface area contributed by atoms with Gasteiger partial charge in [-0.1, -0.05) is 47.5 Å². The maximum atomic E-state index is 5.74. The smallest absolute Gasteiger partial charge is 0.415 e. The maximum Gasteiger partial charge on any atom is 0.452 e. The van der Waals surface area contributed by atoms with Gasteiger partial charge in [-0.05, 0) is 38.5 Å². The molecule has 0 aliphatic rings. The van der Waals surface area contributed by atoms with E-state index >= 15 is 0 Å². The number of benzene rings is 2. The average molecular weight is 253 g/mol. The predicted molar refractivity (Wildman–Crippen MR) is 83.2 cm³/mol. The third kappa shape index (κ3) is 2.82. The van der Waals surface area contributed by atoms with Gasteiger partial charge in [-0.2, -0.15) is 0 Å². The van der Waals surface area contributed by atoms with Gasteiger partial charge in [-0.25, -0.2) is 0 Å². The largest absolute Gasteiger partial charge is 0.452 e. The van der Waals surface area contributed by atoms with Crippen LogP contribution in [0.4, 0.5) is 5.69 Å². The van der Waals surface area contributed by atoms with Crippen LogP contribution in [0.1, 0.15) is 11.1 Å². The van der Waals surface area contributed by atoms with E-state index in [1.165, 1.54) is 16.6 Å². The Bertz CT molecular complexity index is 521. The number of anilines is 1.